The maximum Gasteiger partial charge on any atom is 0.0880 e. The number of aliphatic hydroxyl groups excluding tert-OH is 1. The molecule has 2 heterocycles. The standard InChI is InChI=1S/C13H22N2O2/c1-3-14-6-7-17-13(9-14)10-15-5-4-12(8-15)11(2)16/h4-5,8,11,13,16H,3,6-7,9-10H2,1-2H3. The lowest BCUT2D eigenvalue weighted by Gasteiger charge is -2.32. The number of rotatable bonds is 4. The minimum absolute atomic E-state index is 0.262. The van der Waals surface area contributed by atoms with E-state index < -0.39 is 6.10 Å². The molecule has 1 aliphatic heterocycles. The van der Waals surface area contributed by atoms with E-state index in [9.17, 15) is 5.11 Å². The van der Waals surface area contributed by atoms with Gasteiger partial charge in [-0.25, -0.2) is 0 Å². The topological polar surface area (TPSA) is 37.6 Å². The predicted molar refractivity (Wildman–Crippen MR) is 66.9 cm³/mol. The minimum Gasteiger partial charge on any atom is -0.389 e. The molecule has 0 spiro atoms. The number of aromatic nitrogens is 1. The molecule has 96 valence electrons. The number of hydrogen-bond acceptors (Lipinski definition) is 3. The first-order chi connectivity index (χ1) is 8.19. The molecular formula is C13H22N2O2. The van der Waals surface area contributed by atoms with Gasteiger partial charge in [0.2, 0.25) is 0 Å². The molecule has 1 fully saturated rings. The van der Waals surface area contributed by atoms with Gasteiger partial charge in [-0.1, -0.05) is 6.92 Å². The van der Waals surface area contributed by atoms with Crippen molar-refractivity contribution < 1.29 is 9.84 Å². The van der Waals surface area contributed by atoms with Crippen molar-refractivity contribution in [2.45, 2.75) is 32.6 Å². The van der Waals surface area contributed by atoms with Crippen molar-refractivity contribution in [3.8, 4) is 0 Å². The van der Waals surface area contributed by atoms with Crippen LogP contribution in [0.1, 0.15) is 25.5 Å². The number of likely N-dealkylation sites (N-methyl/N-ethyl adjacent to an activating group) is 1. The molecule has 1 saturated heterocycles. The summed E-state index contributed by atoms with van der Waals surface area (Å²) in [6.45, 7) is 8.78. The van der Waals surface area contributed by atoms with Gasteiger partial charge in [0.1, 0.15) is 0 Å². The van der Waals surface area contributed by atoms with Gasteiger partial charge in [0, 0.05) is 32.0 Å². The summed E-state index contributed by atoms with van der Waals surface area (Å²) in [7, 11) is 0. The normalized spacial score (nSPS) is 23.8. The molecule has 17 heavy (non-hydrogen) atoms. The van der Waals surface area contributed by atoms with Gasteiger partial charge in [-0.05, 0) is 25.1 Å². The zero-order chi connectivity index (χ0) is 12.3. The summed E-state index contributed by atoms with van der Waals surface area (Å²) in [4.78, 5) is 2.41. The van der Waals surface area contributed by atoms with Gasteiger partial charge in [-0.15, -0.1) is 0 Å². The SMILES string of the molecule is CCN1CCOC(Cn2ccc(C(C)O)c2)C1. The van der Waals surface area contributed by atoms with Crippen molar-refractivity contribution in [3.05, 3.63) is 24.0 Å². The molecule has 2 unspecified atom stereocenters. The van der Waals surface area contributed by atoms with Gasteiger partial charge >= 0.3 is 0 Å². The molecule has 4 heteroatoms. The Labute approximate surface area is 103 Å². The minimum atomic E-state index is -0.393. The summed E-state index contributed by atoms with van der Waals surface area (Å²) in [5, 5.41) is 9.47. The third-order valence-corrected chi connectivity index (χ3v) is 3.34. The number of morpholine rings is 1. The van der Waals surface area contributed by atoms with Crippen molar-refractivity contribution in [1.82, 2.24) is 9.47 Å². The quantitative estimate of drug-likeness (QED) is 0.858. The van der Waals surface area contributed by atoms with Gasteiger partial charge < -0.3 is 14.4 Å². The molecule has 0 saturated carbocycles. The van der Waals surface area contributed by atoms with Crippen LogP contribution in [0.3, 0.4) is 0 Å². The lowest BCUT2D eigenvalue weighted by Crippen LogP contribution is -2.43. The highest BCUT2D eigenvalue weighted by Gasteiger charge is 2.19. The highest BCUT2D eigenvalue weighted by atomic mass is 16.5. The third kappa shape index (κ3) is 3.31. The average molecular weight is 238 g/mol. The van der Waals surface area contributed by atoms with Crippen LogP contribution in [0.15, 0.2) is 18.5 Å². The van der Waals surface area contributed by atoms with E-state index in [4.69, 9.17) is 4.74 Å². The summed E-state index contributed by atoms with van der Waals surface area (Å²) in [6, 6.07) is 1.96. The second kappa shape index (κ2) is 5.67. The molecule has 4 nitrogen and oxygen atoms in total. The number of ether oxygens (including phenoxy) is 1. The number of nitrogens with zero attached hydrogens (tertiary/aromatic N) is 2. The fourth-order valence-corrected chi connectivity index (χ4v) is 2.23. The highest BCUT2D eigenvalue weighted by Crippen LogP contribution is 2.14. The Morgan fingerprint density at radius 3 is 3.06 bits per heavy atom. The largest absolute Gasteiger partial charge is 0.389 e. The van der Waals surface area contributed by atoms with E-state index >= 15 is 0 Å². The van der Waals surface area contributed by atoms with Crippen molar-refractivity contribution in [1.29, 1.82) is 0 Å². The molecule has 1 aromatic rings. The predicted octanol–water partition coefficient (Wildman–Crippen LogP) is 1.26. The summed E-state index contributed by atoms with van der Waals surface area (Å²) in [5.74, 6) is 0. The van der Waals surface area contributed by atoms with Crippen LogP contribution in [-0.2, 0) is 11.3 Å². The number of aliphatic hydroxyl groups is 1. The monoisotopic (exact) mass is 238 g/mol. The molecule has 0 radical (unpaired) electrons. The van der Waals surface area contributed by atoms with Gasteiger partial charge in [-0.3, -0.25) is 4.90 Å². The average Bonchev–Trinajstić information content (AvgIpc) is 2.78. The van der Waals surface area contributed by atoms with E-state index in [1.807, 2.05) is 18.5 Å². The van der Waals surface area contributed by atoms with Crippen molar-refractivity contribution in [3.63, 3.8) is 0 Å². The Morgan fingerprint density at radius 1 is 1.59 bits per heavy atom. The molecule has 0 bridgehead atoms. The molecule has 1 aliphatic rings. The molecule has 0 amide bonds. The van der Waals surface area contributed by atoms with Crippen LogP contribution >= 0.6 is 0 Å². The summed E-state index contributed by atoms with van der Waals surface area (Å²) >= 11 is 0. The van der Waals surface area contributed by atoms with Crippen LogP contribution in [0.5, 0.6) is 0 Å². The Kier molecular flexibility index (Phi) is 4.20. The molecule has 2 rings (SSSR count). The van der Waals surface area contributed by atoms with E-state index in [0.29, 0.717) is 0 Å². The zero-order valence-corrected chi connectivity index (χ0v) is 10.7. The van der Waals surface area contributed by atoms with Crippen LogP contribution in [-0.4, -0.2) is 46.9 Å². The van der Waals surface area contributed by atoms with Crippen molar-refractivity contribution in [2.24, 2.45) is 0 Å². The molecular weight excluding hydrogens is 216 g/mol. The van der Waals surface area contributed by atoms with Crippen LogP contribution in [0, 0.1) is 0 Å². The maximum absolute atomic E-state index is 9.47. The summed E-state index contributed by atoms with van der Waals surface area (Å²) in [5.41, 5.74) is 0.966. The van der Waals surface area contributed by atoms with Crippen LogP contribution in [0.25, 0.3) is 0 Å². The summed E-state index contributed by atoms with van der Waals surface area (Å²) < 4.78 is 7.86. The van der Waals surface area contributed by atoms with Crippen LogP contribution < -0.4 is 0 Å². The smallest absolute Gasteiger partial charge is 0.0880 e. The zero-order valence-electron chi connectivity index (χ0n) is 10.7. The van der Waals surface area contributed by atoms with Crippen molar-refractivity contribution in [2.75, 3.05) is 26.2 Å². The van der Waals surface area contributed by atoms with Crippen LogP contribution in [0.2, 0.25) is 0 Å². The Hall–Kier alpha value is -0.840. The molecule has 2 atom stereocenters. The molecule has 1 N–H and O–H groups in total. The summed E-state index contributed by atoms with van der Waals surface area (Å²) in [6.07, 6.45) is 3.88. The van der Waals surface area contributed by atoms with E-state index in [-0.39, 0.29) is 6.10 Å². The highest BCUT2D eigenvalue weighted by molar-refractivity contribution is 5.12. The third-order valence-electron chi connectivity index (χ3n) is 3.34. The molecule has 1 aromatic heterocycles. The number of hydrogen-bond donors (Lipinski definition) is 1. The van der Waals surface area contributed by atoms with Gasteiger partial charge in [0.15, 0.2) is 0 Å². The first kappa shape index (κ1) is 12.6. The van der Waals surface area contributed by atoms with Crippen LogP contribution in [0.4, 0.5) is 0 Å². The second-order valence-electron chi connectivity index (χ2n) is 4.70. The van der Waals surface area contributed by atoms with Crippen molar-refractivity contribution >= 4 is 0 Å². The fraction of sp³-hybridized carbons (Fsp3) is 0.692. The maximum atomic E-state index is 9.47. The Morgan fingerprint density at radius 2 is 2.41 bits per heavy atom. The van der Waals surface area contributed by atoms with E-state index in [1.165, 1.54) is 0 Å². The van der Waals surface area contributed by atoms with Gasteiger partial charge in [0.25, 0.3) is 0 Å². The van der Waals surface area contributed by atoms with Gasteiger partial charge in [-0.2, -0.15) is 0 Å². The fourth-order valence-electron chi connectivity index (χ4n) is 2.23. The first-order valence-corrected chi connectivity index (χ1v) is 6.36. The second-order valence-corrected chi connectivity index (χ2v) is 4.70. The van der Waals surface area contributed by atoms with Gasteiger partial charge in [0.05, 0.1) is 18.8 Å². The lowest BCUT2D eigenvalue weighted by atomic mass is 10.2. The first-order valence-electron chi connectivity index (χ1n) is 6.36. The van der Waals surface area contributed by atoms with E-state index in [1.54, 1.807) is 6.92 Å². The Bertz CT molecular complexity index is 349. The van der Waals surface area contributed by atoms with E-state index in [2.05, 4.69) is 16.4 Å². The molecule has 0 aromatic carbocycles. The molecule has 0 aliphatic carbocycles. The van der Waals surface area contributed by atoms with E-state index in [0.717, 1.165) is 38.3 Å². The Balaban J connectivity index is 1.91. The lowest BCUT2D eigenvalue weighted by molar-refractivity contribution is -0.0342.